The SMILES string of the molecule is Cc1ccc(C(=O)N(C#N)Cc2ccc(S(C)(=O)=O)cc2)c(=O)n1-c1cccc(C(F)(F)F)c1. The molecule has 0 radical (unpaired) electrons. The lowest BCUT2D eigenvalue weighted by molar-refractivity contribution is -0.137. The molecule has 7 nitrogen and oxygen atoms in total. The number of pyridine rings is 1. The number of aryl methyl sites for hydroxylation is 1. The summed E-state index contributed by atoms with van der Waals surface area (Å²) in [6.07, 6.45) is -1.89. The topological polar surface area (TPSA) is 100 Å². The lowest BCUT2D eigenvalue weighted by atomic mass is 10.1. The van der Waals surface area contributed by atoms with Crippen LogP contribution >= 0.6 is 0 Å². The Hall–Kier alpha value is -3.91. The Kier molecular flexibility index (Phi) is 6.65. The molecule has 1 aromatic heterocycles. The average Bonchev–Trinajstić information content (AvgIpc) is 2.76. The van der Waals surface area contributed by atoms with Crippen molar-refractivity contribution in [2.24, 2.45) is 0 Å². The van der Waals surface area contributed by atoms with Crippen molar-refractivity contribution in [3.8, 4) is 11.9 Å². The summed E-state index contributed by atoms with van der Waals surface area (Å²) in [5.41, 5.74) is -1.58. The van der Waals surface area contributed by atoms with Gasteiger partial charge < -0.3 is 0 Å². The molecule has 0 saturated heterocycles. The van der Waals surface area contributed by atoms with Crippen molar-refractivity contribution in [3.63, 3.8) is 0 Å². The first kappa shape index (κ1) is 24.7. The maximum Gasteiger partial charge on any atom is 0.416 e. The number of alkyl halides is 3. The van der Waals surface area contributed by atoms with E-state index in [0.29, 0.717) is 16.2 Å². The first-order chi connectivity index (χ1) is 15.8. The van der Waals surface area contributed by atoms with Gasteiger partial charge in [0.15, 0.2) is 16.0 Å². The van der Waals surface area contributed by atoms with Crippen LogP contribution in [0.2, 0.25) is 0 Å². The van der Waals surface area contributed by atoms with E-state index in [2.05, 4.69) is 0 Å². The maximum atomic E-state index is 13.1. The molecule has 0 spiro atoms. The predicted molar refractivity (Wildman–Crippen MR) is 117 cm³/mol. The molecule has 3 rings (SSSR count). The number of rotatable bonds is 5. The zero-order chi connectivity index (χ0) is 25.3. The van der Waals surface area contributed by atoms with Crippen LogP contribution in [0.25, 0.3) is 5.69 Å². The van der Waals surface area contributed by atoms with Crippen molar-refractivity contribution in [1.29, 1.82) is 5.26 Å². The molecule has 0 saturated carbocycles. The lowest BCUT2D eigenvalue weighted by Gasteiger charge is -2.17. The molecule has 0 atom stereocenters. The van der Waals surface area contributed by atoms with Crippen molar-refractivity contribution in [1.82, 2.24) is 9.47 Å². The Morgan fingerprint density at radius 2 is 1.74 bits per heavy atom. The van der Waals surface area contributed by atoms with Gasteiger partial charge >= 0.3 is 6.18 Å². The number of hydrogen-bond acceptors (Lipinski definition) is 5. The minimum atomic E-state index is -4.62. The van der Waals surface area contributed by atoms with Crippen molar-refractivity contribution in [2.75, 3.05) is 6.26 Å². The molecule has 176 valence electrons. The molecule has 0 unspecified atom stereocenters. The Morgan fingerprint density at radius 3 is 2.29 bits per heavy atom. The van der Waals surface area contributed by atoms with E-state index < -0.39 is 38.6 Å². The zero-order valence-corrected chi connectivity index (χ0v) is 18.8. The van der Waals surface area contributed by atoms with Gasteiger partial charge in [0.1, 0.15) is 5.56 Å². The van der Waals surface area contributed by atoms with Gasteiger partial charge in [-0.25, -0.2) is 13.3 Å². The molecule has 0 aliphatic heterocycles. The van der Waals surface area contributed by atoms with Crippen LogP contribution in [0, 0.1) is 18.4 Å². The summed E-state index contributed by atoms with van der Waals surface area (Å²) in [5.74, 6) is -0.944. The van der Waals surface area contributed by atoms with E-state index in [1.54, 1.807) is 6.19 Å². The molecular formula is C23H18F3N3O4S. The summed E-state index contributed by atoms with van der Waals surface area (Å²) >= 11 is 0. The number of sulfone groups is 1. The maximum absolute atomic E-state index is 13.1. The van der Waals surface area contributed by atoms with E-state index in [4.69, 9.17) is 0 Å². The summed E-state index contributed by atoms with van der Waals surface area (Å²) in [5, 5.41) is 9.49. The van der Waals surface area contributed by atoms with Gasteiger partial charge in [-0.05, 0) is 55.0 Å². The third-order valence-corrected chi connectivity index (χ3v) is 6.13. The zero-order valence-electron chi connectivity index (χ0n) is 18.0. The van der Waals surface area contributed by atoms with E-state index >= 15 is 0 Å². The Bertz CT molecular complexity index is 1450. The predicted octanol–water partition coefficient (Wildman–Crippen LogP) is 3.69. The second kappa shape index (κ2) is 9.15. The molecule has 0 bridgehead atoms. The average molecular weight is 489 g/mol. The van der Waals surface area contributed by atoms with Crippen molar-refractivity contribution >= 4 is 15.7 Å². The van der Waals surface area contributed by atoms with E-state index in [1.165, 1.54) is 49.4 Å². The number of carbonyl (C=O) groups excluding carboxylic acids is 1. The van der Waals surface area contributed by atoms with Crippen LogP contribution in [0.15, 0.2) is 70.4 Å². The van der Waals surface area contributed by atoms with Gasteiger partial charge in [-0.15, -0.1) is 0 Å². The second-order valence-electron chi connectivity index (χ2n) is 7.48. The molecule has 0 aliphatic rings. The van der Waals surface area contributed by atoms with Crippen LogP contribution in [0.4, 0.5) is 13.2 Å². The highest BCUT2D eigenvalue weighted by Crippen LogP contribution is 2.30. The number of carbonyl (C=O) groups is 1. The second-order valence-corrected chi connectivity index (χ2v) is 9.50. The Labute approximate surface area is 193 Å². The normalized spacial score (nSPS) is 11.6. The third kappa shape index (κ3) is 5.18. The van der Waals surface area contributed by atoms with Gasteiger partial charge in [-0.3, -0.25) is 14.2 Å². The third-order valence-electron chi connectivity index (χ3n) is 5.00. The number of nitriles is 1. The molecule has 34 heavy (non-hydrogen) atoms. The van der Waals surface area contributed by atoms with Gasteiger partial charge in [-0.2, -0.15) is 18.4 Å². The van der Waals surface area contributed by atoms with E-state index in [0.717, 1.165) is 29.0 Å². The molecule has 0 aliphatic carbocycles. The van der Waals surface area contributed by atoms with Crippen LogP contribution in [0.3, 0.4) is 0 Å². The monoisotopic (exact) mass is 489 g/mol. The summed E-state index contributed by atoms with van der Waals surface area (Å²) < 4.78 is 63.5. The fourth-order valence-electron chi connectivity index (χ4n) is 3.26. The molecular weight excluding hydrogens is 471 g/mol. The van der Waals surface area contributed by atoms with Gasteiger partial charge in [0.05, 0.1) is 17.0 Å². The lowest BCUT2D eigenvalue weighted by Crippen LogP contribution is -2.34. The van der Waals surface area contributed by atoms with Crippen molar-refractivity contribution < 1.29 is 26.4 Å². The van der Waals surface area contributed by atoms with Crippen LogP contribution in [-0.4, -0.2) is 30.0 Å². The molecule has 11 heteroatoms. The number of aromatic nitrogens is 1. The van der Waals surface area contributed by atoms with Crippen LogP contribution in [0.5, 0.6) is 0 Å². The summed E-state index contributed by atoms with van der Waals surface area (Å²) in [4.78, 5) is 26.8. The van der Waals surface area contributed by atoms with Crippen molar-refractivity contribution in [2.45, 2.75) is 24.5 Å². The number of halogens is 3. The Morgan fingerprint density at radius 1 is 1.09 bits per heavy atom. The minimum Gasteiger partial charge on any atom is -0.281 e. The first-order valence-corrected chi connectivity index (χ1v) is 11.6. The highest BCUT2D eigenvalue weighted by atomic mass is 32.2. The van der Waals surface area contributed by atoms with E-state index in [-0.39, 0.29) is 17.1 Å². The quantitative estimate of drug-likeness (QED) is 0.402. The van der Waals surface area contributed by atoms with Gasteiger partial charge in [0.2, 0.25) is 0 Å². The molecule has 1 amide bonds. The molecule has 2 aromatic carbocycles. The summed E-state index contributed by atoms with van der Waals surface area (Å²) in [6.45, 7) is 1.26. The molecule has 0 fully saturated rings. The molecule has 1 heterocycles. The number of nitrogens with zero attached hydrogens (tertiary/aromatic N) is 3. The standard InChI is InChI=1S/C23H18F3N3O4S/c1-15-6-11-20(22(31)29(15)18-5-3-4-17(12-18)23(24,25)26)21(30)28(14-27)13-16-7-9-19(10-8-16)34(2,32)33/h3-12H,13H2,1-2H3. The fourth-order valence-corrected chi connectivity index (χ4v) is 3.89. The highest BCUT2D eigenvalue weighted by Gasteiger charge is 2.31. The van der Waals surface area contributed by atoms with E-state index in [1.807, 2.05) is 0 Å². The fraction of sp³-hybridized carbons (Fsp3) is 0.174. The largest absolute Gasteiger partial charge is 0.416 e. The van der Waals surface area contributed by atoms with Crippen LogP contribution in [-0.2, 0) is 22.6 Å². The molecule has 3 aromatic rings. The number of benzene rings is 2. The van der Waals surface area contributed by atoms with E-state index in [9.17, 15) is 36.4 Å². The van der Waals surface area contributed by atoms with Crippen LogP contribution in [0.1, 0.15) is 27.2 Å². The number of hydrogen-bond donors (Lipinski definition) is 0. The smallest absolute Gasteiger partial charge is 0.281 e. The van der Waals surface area contributed by atoms with Crippen LogP contribution < -0.4 is 5.56 Å². The van der Waals surface area contributed by atoms with Gasteiger partial charge in [0, 0.05) is 17.6 Å². The van der Waals surface area contributed by atoms with Gasteiger partial charge in [-0.1, -0.05) is 18.2 Å². The van der Waals surface area contributed by atoms with Crippen molar-refractivity contribution in [3.05, 3.63) is 93.4 Å². The first-order valence-electron chi connectivity index (χ1n) is 9.74. The van der Waals surface area contributed by atoms with Gasteiger partial charge in [0.25, 0.3) is 11.5 Å². The Balaban J connectivity index is 1.98. The summed E-state index contributed by atoms with van der Waals surface area (Å²) in [6, 6.07) is 12.3. The molecule has 0 N–H and O–H groups in total. The number of amides is 1. The minimum absolute atomic E-state index is 0.0635. The highest BCUT2D eigenvalue weighted by molar-refractivity contribution is 7.90. The summed E-state index contributed by atoms with van der Waals surface area (Å²) in [7, 11) is -3.43.